The van der Waals surface area contributed by atoms with Crippen molar-refractivity contribution in [3.05, 3.63) is 34.6 Å². The summed E-state index contributed by atoms with van der Waals surface area (Å²) in [6, 6.07) is 4.09. The van der Waals surface area contributed by atoms with Crippen LogP contribution in [0.5, 0.6) is 17.5 Å². The summed E-state index contributed by atoms with van der Waals surface area (Å²) in [5, 5.41) is 0. The van der Waals surface area contributed by atoms with Gasteiger partial charge in [-0.3, -0.25) is 0 Å². The molecule has 0 spiro atoms. The fourth-order valence-electron chi connectivity index (χ4n) is 2.55. The Kier molecular flexibility index (Phi) is 6.03. The summed E-state index contributed by atoms with van der Waals surface area (Å²) in [6.45, 7) is 9.61. The second-order valence-electron chi connectivity index (χ2n) is 5.94. The van der Waals surface area contributed by atoms with E-state index in [2.05, 4.69) is 42.4 Å². The average molecular weight is 437 g/mol. The van der Waals surface area contributed by atoms with Crippen molar-refractivity contribution in [1.29, 1.82) is 0 Å². The van der Waals surface area contributed by atoms with Crippen molar-refractivity contribution >= 4 is 39.2 Å². The van der Waals surface area contributed by atoms with Gasteiger partial charge in [0.05, 0.1) is 11.6 Å². The van der Waals surface area contributed by atoms with Crippen LogP contribution in [0.3, 0.4) is 0 Å². The van der Waals surface area contributed by atoms with Crippen LogP contribution in [-0.4, -0.2) is 46.7 Å². The predicted octanol–water partition coefficient (Wildman–Crippen LogP) is 4.33. The van der Waals surface area contributed by atoms with Crippen LogP contribution < -0.4 is 14.4 Å². The highest BCUT2D eigenvalue weighted by Crippen LogP contribution is 2.40. The van der Waals surface area contributed by atoms with E-state index in [9.17, 15) is 0 Å². The van der Waals surface area contributed by atoms with Gasteiger partial charge in [-0.2, -0.15) is 26.7 Å². The van der Waals surface area contributed by atoms with Gasteiger partial charge in [0.1, 0.15) is 5.82 Å². The number of aryl methyl sites for hydroxylation is 1. The van der Waals surface area contributed by atoms with E-state index in [0.29, 0.717) is 23.3 Å². The summed E-state index contributed by atoms with van der Waals surface area (Å²) in [6.07, 6.45) is 0. The fraction of sp³-hybridized carbons (Fsp3) is 0.389. The number of methoxy groups -OCH3 is 1. The van der Waals surface area contributed by atoms with E-state index in [1.807, 2.05) is 37.7 Å². The first-order chi connectivity index (χ1) is 12.5. The van der Waals surface area contributed by atoms with Gasteiger partial charge in [0.15, 0.2) is 11.5 Å². The molecule has 1 aromatic carbocycles. The molecule has 1 aromatic heterocycles. The standard InChI is InChI=1S/C18H21BrN4O2S/c1-11(2)13-9-14(19)16(15(10-13)24-4)25-18-21-12(3)20-17(22-18)23-5-7-26-8-6-23/h9-10H,1,5-8H2,2-4H3. The maximum atomic E-state index is 5.98. The molecule has 0 N–H and O–H groups in total. The number of ether oxygens (including phenoxy) is 2. The molecule has 3 rings (SSSR count). The molecule has 0 atom stereocenters. The Morgan fingerprint density at radius 3 is 2.62 bits per heavy atom. The molecular formula is C18H21BrN4O2S. The van der Waals surface area contributed by atoms with Crippen molar-refractivity contribution in [2.24, 2.45) is 0 Å². The highest BCUT2D eigenvalue weighted by atomic mass is 79.9. The van der Waals surface area contributed by atoms with Crippen LogP contribution in [0.2, 0.25) is 0 Å². The minimum absolute atomic E-state index is 0.257. The highest BCUT2D eigenvalue weighted by Gasteiger charge is 2.19. The maximum absolute atomic E-state index is 5.98. The minimum atomic E-state index is 0.257. The van der Waals surface area contributed by atoms with Crippen LogP contribution in [0.25, 0.3) is 5.57 Å². The van der Waals surface area contributed by atoms with E-state index in [-0.39, 0.29) is 6.01 Å². The average Bonchev–Trinajstić information content (AvgIpc) is 2.63. The smallest absolute Gasteiger partial charge is 0.327 e. The first kappa shape index (κ1) is 19.0. The molecule has 0 bridgehead atoms. The first-order valence-corrected chi connectivity index (χ1v) is 10.2. The zero-order chi connectivity index (χ0) is 18.7. The summed E-state index contributed by atoms with van der Waals surface area (Å²) in [5.41, 5.74) is 1.91. The molecule has 2 heterocycles. The number of rotatable bonds is 5. The highest BCUT2D eigenvalue weighted by molar-refractivity contribution is 9.10. The molecule has 26 heavy (non-hydrogen) atoms. The second kappa shape index (κ2) is 8.26. The Bertz CT molecular complexity index is 825. The van der Waals surface area contributed by atoms with Gasteiger partial charge in [0.25, 0.3) is 0 Å². The molecule has 1 fully saturated rings. The summed E-state index contributed by atoms with van der Waals surface area (Å²) in [5.74, 6) is 4.54. The SMILES string of the molecule is C=C(C)c1cc(Br)c(Oc2nc(C)nc(N3CCSCC3)n2)c(OC)c1. The van der Waals surface area contributed by atoms with Gasteiger partial charge >= 0.3 is 6.01 Å². The zero-order valence-electron chi connectivity index (χ0n) is 15.1. The molecule has 8 heteroatoms. The molecule has 2 aromatic rings. The van der Waals surface area contributed by atoms with Crippen molar-refractivity contribution in [2.75, 3.05) is 36.6 Å². The Hall–Kier alpha value is -1.80. The zero-order valence-corrected chi connectivity index (χ0v) is 17.5. The van der Waals surface area contributed by atoms with Crippen LogP contribution in [0.4, 0.5) is 5.95 Å². The molecule has 1 saturated heterocycles. The third kappa shape index (κ3) is 4.29. The van der Waals surface area contributed by atoms with Gasteiger partial charge in [-0.25, -0.2) is 0 Å². The van der Waals surface area contributed by atoms with Crippen molar-refractivity contribution in [3.8, 4) is 17.5 Å². The van der Waals surface area contributed by atoms with Crippen LogP contribution in [0, 0.1) is 6.92 Å². The van der Waals surface area contributed by atoms with Gasteiger partial charge in [-0.15, -0.1) is 0 Å². The predicted molar refractivity (Wildman–Crippen MR) is 110 cm³/mol. The number of thioether (sulfide) groups is 1. The number of hydrogen-bond acceptors (Lipinski definition) is 7. The van der Waals surface area contributed by atoms with Gasteiger partial charge < -0.3 is 14.4 Å². The van der Waals surface area contributed by atoms with Gasteiger partial charge in [-0.05, 0) is 47.5 Å². The Morgan fingerprint density at radius 1 is 1.23 bits per heavy atom. The summed E-state index contributed by atoms with van der Waals surface area (Å²) >= 11 is 5.49. The fourth-order valence-corrected chi connectivity index (χ4v) is 3.98. The molecule has 0 aliphatic carbocycles. The Morgan fingerprint density at radius 2 is 1.96 bits per heavy atom. The summed E-state index contributed by atoms with van der Waals surface area (Å²) in [7, 11) is 1.60. The van der Waals surface area contributed by atoms with Crippen LogP contribution in [0.15, 0.2) is 23.2 Å². The lowest BCUT2D eigenvalue weighted by Crippen LogP contribution is -2.34. The maximum Gasteiger partial charge on any atom is 0.327 e. The molecule has 0 saturated carbocycles. The number of allylic oxidation sites excluding steroid dienone is 1. The van der Waals surface area contributed by atoms with Gasteiger partial charge in [0, 0.05) is 24.6 Å². The lowest BCUT2D eigenvalue weighted by molar-refractivity contribution is 0.365. The Labute approximate surface area is 166 Å². The summed E-state index contributed by atoms with van der Waals surface area (Å²) < 4.78 is 12.2. The molecular weight excluding hydrogens is 416 g/mol. The third-order valence-electron chi connectivity index (χ3n) is 3.92. The monoisotopic (exact) mass is 436 g/mol. The normalized spacial score (nSPS) is 14.2. The van der Waals surface area contributed by atoms with E-state index in [4.69, 9.17) is 9.47 Å². The molecule has 0 radical (unpaired) electrons. The largest absolute Gasteiger partial charge is 0.493 e. The van der Waals surface area contributed by atoms with Crippen LogP contribution in [0.1, 0.15) is 18.3 Å². The number of aromatic nitrogens is 3. The number of anilines is 1. The molecule has 0 amide bonds. The molecule has 1 aliphatic rings. The minimum Gasteiger partial charge on any atom is -0.493 e. The third-order valence-corrected chi connectivity index (χ3v) is 5.46. The molecule has 0 unspecified atom stereocenters. The topological polar surface area (TPSA) is 60.4 Å². The molecule has 138 valence electrons. The van der Waals surface area contributed by atoms with E-state index in [1.165, 1.54) is 0 Å². The second-order valence-corrected chi connectivity index (χ2v) is 8.02. The van der Waals surface area contributed by atoms with E-state index < -0.39 is 0 Å². The quantitative estimate of drug-likeness (QED) is 0.690. The molecule has 6 nitrogen and oxygen atoms in total. The van der Waals surface area contributed by atoms with Crippen molar-refractivity contribution in [1.82, 2.24) is 15.0 Å². The number of benzene rings is 1. The van der Waals surface area contributed by atoms with E-state index >= 15 is 0 Å². The van der Waals surface area contributed by atoms with E-state index in [0.717, 1.165) is 40.2 Å². The van der Waals surface area contributed by atoms with Crippen molar-refractivity contribution < 1.29 is 9.47 Å². The lowest BCUT2D eigenvalue weighted by Gasteiger charge is -2.26. The lowest BCUT2D eigenvalue weighted by atomic mass is 10.1. The number of nitrogens with zero attached hydrogens (tertiary/aromatic N) is 4. The molecule has 1 aliphatic heterocycles. The van der Waals surface area contributed by atoms with Crippen LogP contribution in [-0.2, 0) is 0 Å². The van der Waals surface area contributed by atoms with E-state index in [1.54, 1.807) is 7.11 Å². The number of halogens is 1. The van der Waals surface area contributed by atoms with Crippen LogP contribution >= 0.6 is 27.7 Å². The van der Waals surface area contributed by atoms with Gasteiger partial charge in [0.2, 0.25) is 5.95 Å². The van der Waals surface area contributed by atoms with Crippen molar-refractivity contribution in [3.63, 3.8) is 0 Å². The number of hydrogen-bond donors (Lipinski definition) is 0. The van der Waals surface area contributed by atoms with Crippen molar-refractivity contribution in [2.45, 2.75) is 13.8 Å². The Balaban J connectivity index is 1.93. The summed E-state index contributed by atoms with van der Waals surface area (Å²) in [4.78, 5) is 15.5. The van der Waals surface area contributed by atoms with Gasteiger partial charge in [-0.1, -0.05) is 12.2 Å². The first-order valence-electron chi connectivity index (χ1n) is 8.24.